The van der Waals surface area contributed by atoms with Gasteiger partial charge < -0.3 is 5.11 Å². The minimum absolute atomic E-state index is 0.528. The molecule has 5 heteroatoms. The largest absolute Gasteiger partial charge is 0.481 e. The lowest BCUT2D eigenvalue weighted by atomic mass is 9.97. The van der Waals surface area contributed by atoms with Gasteiger partial charge in [-0.05, 0) is 18.9 Å². The minimum atomic E-state index is -0.805. The molecular formula is C13H16N2O2S. The molecule has 2 heterocycles. The molecule has 0 aliphatic carbocycles. The second-order valence-corrected chi connectivity index (χ2v) is 5.34. The molecule has 0 aliphatic rings. The summed E-state index contributed by atoms with van der Waals surface area (Å²) in [6.45, 7) is 4.07. The molecule has 96 valence electrons. The fourth-order valence-electron chi connectivity index (χ4n) is 2.04. The zero-order valence-electron chi connectivity index (χ0n) is 10.5. The van der Waals surface area contributed by atoms with Crippen molar-refractivity contribution >= 4 is 27.5 Å². The van der Waals surface area contributed by atoms with Crippen molar-refractivity contribution < 1.29 is 9.90 Å². The molecule has 1 atom stereocenters. The molecule has 0 saturated carbocycles. The SMILES string of the molecule is CCCC(C(=O)O)c1ncnc2sc(CC)cc12. The summed E-state index contributed by atoms with van der Waals surface area (Å²) >= 11 is 1.61. The maximum Gasteiger partial charge on any atom is 0.312 e. The van der Waals surface area contributed by atoms with Crippen LogP contribution >= 0.6 is 11.3 Å². The Labute approximate surface area is 110 Å². The first kappa shape index (κ1) is 13.0. The normalized spacial score (nSPS) is 12.8. The molecule has 2 rings (SSSR count). The molecule has 2 aromatic rings. The van der Waals surface area contributed by atoms with Crippen molar-refractivity contribution in [3.63, 3.8) is 0 Å². The van der Waals surface area contributed by atoms with Gasteiger partial charge in [0.2, 0.25) is 0 Å². The predicted octanol–water partition coefficient (Wildman–Crippen LogP) is 3.22. The zero-order chi connectivity index (χ0) is 13.1. The monoisotopic (exact) mass is 264 g/mol. The topological polar surface area (TPSA) is 63.1 Å². The second-order valence-electron chi connectivity index (χ2n) is 4.22. The third-order valence-electron chi connectivity index (χ3n) is 2.97. The molecule has 1 N–H and O–H groups in total. The van der Waals surface area contributed by atoms with Crippen LogP contribution in [0, 0.1) is 0 Å². The third kappa shape index (κ3) is 2.36. The molecular weight excluding hydrogens is 248 g/mol. The van der Waals surface area contributed by atoms with E-state index in [1.807, 2.05) is 13.0 Å². The van der Waals surface area contributed by atoms with Gasteiger partial charge in [0, 0.05) is 10.3 Å². The molecule has 1 unspecified atom stereocenters. The molecule has 2 aromatic heterocycles. The van der Waals surface area contributed by atoms with E-state index in [0.29, 0.717) is 12.1 Å². The highest BCUT2D eigenvalue weighted by Crippen LogP contribution is 2.31. The average molecular weight is 264 g/mol. The van der Waals surface area contributed by atoms with E-state index >= 15 is 0 Å². The Hall–Kier alpha value is -1.49. The van der Waals surface area contributed by atoms with E-state index in [4.69, 9.17) is 0 Å². The minimum Gasteiger partial charge on any atom is -0.481 e. The highest BCUT2D eigenvalue weighted by atomic mass is 32.1. The van der Waals surface area contributed by atoms with Crippen LogP contribution in [0.5, 0.6) is 0 Å². The summed E-state index contributed by atoms with van der Waals surface area (Å²) in [5, 5.41) is 10.2. The van der Waals surface area contributed by atoms with Crippen molar-refractivity contribution in [3.05, 3.63) is 23.0 Å². The van der Waals surface area contributed by atoms with Crippen molar-refractivity contribution in [2.75, 3.05) is 0 Å². The summed E-state index contributed by atoms with van der Waals surface area (Å²) < 4.78 is 0. The van der Waals surface area contributed by atoms with E-state index in [2.05, 4.69) is 16.9 Å². The molecule has 0 radical (unpaired) electrons. The number of carbonyl (C=O) groups is 1. The van der Waals surface area contributed by atoms with Gasteiger partial charge >= 0.3 is 5.97 Å². The smallest absolute Gasteiger partial charge is 0.312 e. The molecule has 0 aliphatic heterocycles. The molecule has 0 spiro atoms. The van der Waals surface area contributed by atoms with Gasteiger partial charge in [-0.2, -0.15) is 0 Å². The quantitative estimate of drug-likeness (QED) is 0.900. The van der Waals surface area contributed by atoms with E-state index in [1.165, 1.54) is 11.2 Å². The summed E-state index contributed by atoms with van der Waals surface area (Å²) in [5.41, 5.74) is 0.658. The lowest BCUT2D eigenvalue weighted by Gasteiger charge is -2.10. The Balaban J connectivity index is 2.54. The lowest BCUT2D eigenvalue weighted by molar-refractivity contribution is -0.139. The summed E-state index contributed by atoms with van der Waals surface area (Å²) in [6, 6.07) is 2.03. The Morgan fingerprint density at radius 2 is 2.22 bits per heavy atom. The summed E-state index contributed by atoms with van der Waals surface area (Å²) in [7, 11) is 0. The number of fused-ring (bicyclic) bond motifs is 1. The van der Waals surface area contributed by atoms with Crippen LogP contribution in [-0.2, 0) is 11.2 Å². The van der Waals surface area contributed by atoms with Gasteiger partial charge in [0.05, 0.1) is 11.6 Å². The van der Waals surface area contributed by atoms with Crippen LogP contribution in [-0.4, -0.2) is 21.0 Å². The molecule has 0 amide bonds. The van der Waals surface area contributed by atoms with Gasteiger partial charge in [0.1, 0.15) is 11.2 Å². The number of aryl methyl sites for hydroxylation is 1. The number of aliphatic carboxylic acids is 1. The first-order valence-corrected chi connectivity index (χ1v) is 6.95. The van der Waals surface area contributed by atoms with Crippen molar-refractivity contribution in [1.29, 1.82) is 0 Å². The maximum atomic E-state index is 11.4. The van der Waals surface area contributed by atoms with Crippen molar-refractivity contribution in [3.8, 4) is 0 Å². The van der Waals surface area contributed by atoms with Crippen LogP contribution in [0.3, 0.4) is 0 Å². The van der Waals surface area contributed by atoms with Crippen LogP contribution in [0.15, 0.2) is 12.4 Å². The van der Waals surface area contributed by atoms with Crippen molar-refractivity contribution in [1.82, 2.24) is 9.97 Å². The second kappa shape index (κ2) is 5.44. The molecule has 0 bridgehead atoms. The Bertz CT molecular complexity index is 565. The van der Waals surface area contributed by atoms with Gasteiger partial charge in [-0.25, -0.2) is 9.97 Å². The van der Waals surface area contributed by atoms with Crippen LogP contribution < -0.4 is 0 Å². The molecule has 18 heavy (non-hydrogen) atoms. The zero-order valence-corrected chi connectivity index (χ0v) is 11.3. The van der Waals surface area contributed by atoms with Crippen LogP contribution in [0.1, 0.15) is 43.2 Å². The Morgan fingerprint density at radius 1 is 1.44 bits per heavy atom. The number of carboxylic acid groups (broad SMARTS) is 1. The standard InChI is InChI=1S/C13H16N2O2S/c1-3-5-9(13(16)17)11-10-6-8(4-2)18-12(10)15-7-14-11/h6-7,9H,3-5H2,1-2H3,(H,16,17). The van der Waals surface area contributed by atoms with E-state index in [1.54, 1.807) is 11.3 Å². The first-order valence-electron chi connectivity index (χ1n) is 6.13. The number of carboxylic acids is 1. The number of hydrogen-bond donors (Lipinski definition) is 1. The van der Waals surface area contributed by atoms with Gasteiger partial charge in [-0.15, -0.1) is 11.3 Å². The number of hydrogen-bond acceptors (Lipinski definition) is 4. The van der Waals surface area contributed by atoms with Crippen LogP contribution in [0.2, 0.25) is 0 Å². The van der Waals surface area contributed by atoms with Crippen LogP contribution in [0.4, 0.5) is 0 Å². The van der Waals surface area contributed by atoms with E-state index in [0.717, 1.165) is 23.1 Å². The summed E-state index contributed by atoms with van der Waals surface area (Å²) in [5.74, 6) is -1.33. The van der Waals surface area contributed by atoms with Gasteiger partial charge in [-0.1, -0.05) is 20.3 Å². The Kier molecular flexibility index (Phi) is 3.91. The molecule has 0 aromatic carbocycles. The third-order valence-corrected chi connectivity index (χ3v) is 4.15. The van der Waals surface area contributed by atoms with Gasteiger partial charge in [0.15, 0.2) is 0 Å². The predicted molar refractivity (Wildman–Crippen MR) is 72.1 cm³/mol. The van der Waals surface area contributed by atoms with Gasteiger partial charge in [0.25, 0.3) is 0 Å². The van der Waals surface area contributed by atoms with Crippen molar-refractivity contribution in [2.45, 2.75) is 39.0 Å². The van der Waals surface area contributed by atoms with Crippen LogP contribution in [0.25, 0.3) is 10.2 Å². The average Bonchev–Trinajstić information content (AvgIpc) is 2.78. The summed E-state index contributed by atoms with van der Waals surface area (Å²) in [6.07, 6.45) is 3.84. The maximum absolute atomic E-state index is 11.4. The summed E-state index contributed by atoms with van der Waals surface area (Å²) in [4.78, 5) is 21.9. The first-order chi connectivity index (χ1) is 8.67. The molecule has 0 fully saturated rings. The van der Waals surface area contributed by atoms with E-state index in [-0.39, 0.29) is 0 Å². The van der Waals surface area contributed by atoms with Gasteiger partial charge in [-0.3, -0.25) is 4.79 Å². The number of rotatable bonds is 5. The molecule has 0 saturated heterocycles. The number of nitrogens with zero attached hydrogens (tertiary/aromatic N) is 2. The van der Waals surface area contributed by atoms with E-state index in [9.17, 15) is 9.90 Å². The fourth-order valence-corrected chi connectivity index (χ4v) is 2.98. The highest BCUT2D eigenvalue weighted by molar-refractivity contribution is 7.18. The fraction of sp³-hybridized carbons (Fsp3) is 0.462. The number of aromatic nitrogens is 2. The highest BCUT2D eigenvalue weighted by Gasteiger charge is 2.23. The van der Waals surface area contributed by atoms with E-state index < -0.39 is 11.9 Å². The van der Waals surface area contributed by atoms with Crippen molar-refractivity contribution in [2.24, 2.45) is 0 Å². The Morgan fingerprint density at radius 3 is 2.83 bits per heavy atom. The lowest BCUT2D eigenvalue weighted by Crippen LogP contribution is -2.13. The molecule has 4 nitrogen and oxygen atoms in total. The number of thiophene rings is 1.